The molecule has 0 radical (unpaired) electrons. The fourth-order valence-corrected chi connectivity index (χ4v) is 5.11. The van der Waals surface area contributed by atoms with E-state index < -0.39 is 16.1 Å². The lowest BCUT2D eigenvalue weighted by atomic mass is 10.3. The van der Waals surface area contributed by atoms with Gasteiger partial charge in [0, 0.05) is 29.4 Å². The minimum Gasteiger partial charge on any atom is -0.361 e. The summed E-state index contributed by atoms with van der Waals surface area (Å²) in [5.74, 6) is 0.755. The molecule has 0 fully saturated rings. The fourth-order valence-electron chi connectivity index (χ4n) is 2.63. The summed E-state index contributed by atoms with van der Waals surface area (Å²) in [4.78, 5) is 4.73. The zero-order valence-corrected chi connectivity index (χ0v) is 23.9. The lowest BCUT2D eigenvalue weighted by molar-refractivity contribution is -0.0609. The molecule has 0 saturated carbocycles. The van der Waals surface area contributed by atoms with Crippen LogP contribution >= 0.6 is 39.1 Å². The molecule has 0 unspecified atom stereocenters. The van der Waals surface area contributed by atoms with Crippen LogP contribution < -0.4 is 0 Å². The zero-order chi connectivity index (χ0) is 22.5. The largest absolute Gasteiger partial charge is 0.361 e. The molecule has 0 aliphatic rings. The lowest BCUT2D eigenvalue weighted by Crippen LogP contribution is -2.22. The van der Waals surface area contributed by atoms with Gasteiger partial charge in [-0.05, 0) is 34.1 Å². The van der Waals surface area contributed by atoms with Crippen molar-refractivity contribution in [3.05, 3.63) is 26.4 Å². The molecule has 1 heterocycles. The highest BCUT2D eigenvalue weighted by Crippen LogP contribution is 2.37. The van der Waals surface area contributed by atoms with Gasteiger partial charge >= 0.3 is 0 Å². The molecule has 1 aromatic heterocycles. The van der Waals surface area contributed by atoms with Crippen LogP contribution in [0.4, 0.5) is 0 Å². The highest BCUT2D eigenvalue weighted by atomic mass is 79.9. The fraction of sp³-hybridized carbons (Fsp3) is 0.650. The van der Waals surface area contributed by atoms with E-state index in [9.17, 15) is 0 Å². The Morgan fingerprint density at radius 2 is 1.57 bits per heavy atom. The van der Waals surface area contributed by atoms with Crippen LogP contribution in [0.25, 0.3) is 11.0 Å². The maximum absolute atomic E-state index is 6.31. The number of aromatic nitrogens is 2. The first-order chi connectivity index (χ1) is 13.9. The quantitative estimate of drug-likeness (QED) is 0.120. The van der Waals surface area contributed by atoms with Crippen molar-refractivity contribution in [3.63, 3.8) is 0 Å². The first kappa shape index (κ1) is 26.3. The lowest BCUT2D eigenvalue weighted by Gasteiger charge is -2.17. The molecule has 5 nitrogen and oxygen atoms in total. The van der Waals surface area contributed by atoms with Gasteiger partial charge < -0.3 is 18.8 Å². The number of rotatable bonds is 12. The van der Waals surface area contributed by atoms with E-state index in [1.54, 1.807) is 0 Å². The number of fused-ring (bicyclic) bond motifs is 1. The van der Waals surface area contributed by atoms with Crippen molar-refractivity contribution >= 4 is 66.3 Å². The van der Waals surface area contributed by atoms with Crippen molar-refractivity contribution in [2.75, 3.05) is 20.0 Å². The van der Waals surface area contributed by atoms with E-state index in [0.29, 0.717) is 27.9 Å². The smallest absolute Gasteiger partial charge is 0.147 e. The number of hydrogen-bond donors (Lipinski definition) is 0. The third kappa shape index (κ3) is 8.20. The Kier molecular flexibility index (Phi) is 9.89. The van der Waals surface area contributed by atoms with Gasteiger partial charge in [-0.3, -0.25) is 0 Å². The Bertz CT molecular complexity index is 851. The number of ether oxygens (including phenoxy) is 3. The predicted molar refractivity (Wildman–Crippen MR) is 135 cm³/mol. The zero-order valence-electron chi connectivity index (χ0n) is 18.8. The third-order valence-corrected chi connectivity index (χ3v) is 9.77. The standard InChI is InChI=1S/C20H33BrCl2N2O3Si2/c1-29(2,3)9-7-26-13-25-16-11-15(22)19(23)18(21)20(16)24-17(25)12-28-14-27-8-10-30(4,5)6/h11H,7-10,12-14H2,1-6H3. The van der Waals surface area contributed by atoms with E-state index >= 15 is 0 Å². The predicted octanol–water partition coefficient (Wildman–Crippen LogP) is 7.25. The maximum atomic E-state index is 6.31. The number of nitrogens with zero attached hydrogens (tertiary/aromatic N) is 2. The van der Waals surface area contributed by atoms with Crippen molar-refractivity contribution in [2.24, 2.45) is 0 Å². The normalized spacial score (nSPS) is 12.8. The molecule has 0 aliphatic carbocycles. The summed E-state index contributed by atoms with van der Waals surface area (Å²) < 4.78 is 20.0. The number of hydrogen-bond acceptors (Lipinski definition) is 4. The van der Waals surface area contributed by atoms with Crippen molar-refractivity contribution in [3.8, 4) is 0 Å². The third-order valence-electron chi connectivity index (χ3n) is 4.57. The second-order valence-electron chi connectivity index (χ2n) is 9.84. The minimum absolute atomic E-state index is 0.243. The van der Waals surface area contributed by atoms with Crippen molar-refractivity contribution in [1.82, 2.24) is 9.55 Å². The minimum atomic E-state index is -1.15. The molecule has 0 saturated heterocycles. The monoisotopic (exact) mass is 554 g/mol. The summed E-state index contributed by atoms with van der Waals surface area (Å²) >= 11 is 16.1. The van der Waals surface area contributed by atoms with E-state index in [-0.39, 0.29) is 6.79 Å². The first-order valence-electron chi connectivity index (χ1n) is 10.1. The molecular formula is C20H33BrCl2N2O3Si2. The molecule has 0 N–H and O–H groups in total. The van der Waals surface area contributed by atoms with Crippen molar-refractivity contribution in [2.45, 2.75) is 64.7 Å². The summed E-state index contributed by atoms with van der Waals surface area (Å²) in [5.41, 5.74) is 1.61. The molecule has 170 valence electrons. The molecule has 1 aromatic carbocycles. The van der Waals surface area contributed by atoms with Gasteiger partial charge in [-0.25, -0.2) is 4.98 Å². The van der Waals surface area contributed by atoms with Crippen LogP contribution in [0.5, 0.6) is 0 Å². The SMILES string of the molecule is C[Si](C)(C)CCOCOCc1nc2c(Br)c(Cl)c(Cl)cc2n1COCC[Si](C)(C)C. The molecule has 10 heteroatoms. The van der Waals surface area contributed by atoms with Gasteiger partial charge in [0.15, 0.2) is 0 Å². The summed E-state index contributed by atoms with van der Waals surface area (Å²) in [6.45, 7) is 16.4. The number of imidazole rings is 1. The second-order valence-corrected chi connectivity index (χ2v) is 22.7. The Morgan fingerprint density at radius 1 is 0.967 bits per heavy atom. The van der Waals surface area contributed by atoms with Crippen LogP contribution in [0.1, 0.15) is 5.82 Å². The van der Waals surface area contributed by atoms with E-state index in [4.69, 9.17) is 42.4 Å². The molecule has 0 spiro atoms. The van der Waals surface area contributed by atoms with Gasteiger partial charge in [0.2, 0.25) is 0 Å². The maximum Gasteiger partial charge on any atom is 0.147 e. The average molecular weight is 556 g/mol. The summed E-state index contributed by atoms with van der Waals surface area (Å²) in [6.07, 6.45) is 0. The Labute approximate surface area is 200 Å². The van der Waals surface area contributed by atoms with Crippen molar-refractivity contribution < 1.29 is 14.2 Å². The Balaban J connectivity index is 2.09. The molecule has 0 atom stereocenters. The summed E-state index contributed by atoms with van der Waals surface area (Å²) in [6, 6.07) is 4.04. The first-order valence-corrected chi connectivity index (χ1v) is 19.1. The van der Waals surface area contributed by atoms with Crippen LogP contribution in [0, 0.1) is 0 Å². The summed E-state index contributed by atoms with van der Waals surface area (Å²) in [5, 5.41) is 0.928. The van der Waals surface area contributed by atoms with E-state index in [1.165, 1.54) is 0 Å². The average Bonchev–Trinajstić information content (AvgIpc) is 2.95. The topological polar surface area (TPSA) is 45.5 Å². The van der Waals surface area contributed by atoms with Crippen LogP contribution in [0.15, 0.2) is 10.5 Å². The summed E-state index contributed by atoms with van der Waals surface area (Å²) in [7, 11) is -2.26. The molecular weight excluding hydrogens is 523 g/mol. The van der Waals surface area contributed by atoms with Gasteiger partial charge in [0.1, 0.15) is 31.5 Å². The van der Waals surface area contributed by atoms with Gasteiger partial charge in [0.25, 0.3) is 0 Å². The molecule has 2 aromatic rings. The van der Waals surface area contributed by atoms with Crippen LogP contribution in [-0.4, -0.2) is 45.7 Å². The van der Waals surface area contributed by atoms with E-state index in [0.717, 1.165) is 42.2 Å². The van der Waals surface area contributed by atoms with Crippen LogP contribution in [0.2, 0.25) is 61.4 Å². The highest BCUT2D eigenvalue weighted by Gasteiger charge is 2.19. The molecule has 2 rings (SSSR count). The van der Waals surface area contributed by atoms with E-state index in [2.05, 4.69) is 55.2 Å². The van der Waals surface area contributed by atoms with Crippen molar-refractivity contribution in [1.29, 1.82) is 0 Å². The Morgan fingerprint density at radius 3 is 2.17 bits per heavy atom. The van der Waals surface area contributed by atoms with Gasteiger partial charge in [-0.15, -0.1) is 0 Å². The number of benzene rings is 1. The number of halogens is 3. The van der Waals surface area contributed by atoms with Gasteiger partial charge in [-0.2, -0.15) is 0 Å². The second kappa shape index (κ2) is 11.3. The van der Waals surface area contributed by atoms with E-state index in [1.807, 2.05) is 10.6 Å². The molecule has 0 amide bonds. The van der Waals surface area contributed by atoms with Crippen LogP contribution in [0.3, 0.4) is 0 Å². The van der Waals surface area contributed by atoms with Crippen LogP contribution in [-0.2, 0) is 27.5 Å². The molecule has 30 heavy (non-hydrogen) atoms. The molecule has 0 aliphatic heterocycles. The Hall–Kier alpha value is 0.0638. The highest BCUT2D eigenvalue weighted by molar-refractivity contribution is 9.10. The van der Waals surface area contributed by atoms with Gasteiger partial charge in [-0.1, -0.05) is 62.5 Å². The van der Waals surface area contributed by atoms with Gasteiger partial charge in [0.05, 0.1) is 20.0 Å². The molecule has 0 bridgehead atoms.